The van der Waals surface area contributed by atoms with E-state index in [4.69, 9.17) is 11.6 Å². The maximum absolute atomic E-state index is 13.0. The summed E-state index contributed by atoms with van der Waals surface area (Å²) in [5.74, 6) is 0.601. The minimum atomic E-state index is -4.51. The molecule has 0 N–H and O–H groups in total. The lowest BCUT2D eigenvalue weighted by molar-refractivity contribution is -0.140. The van der Waals surface area contributed by atoms with Gasteiger partial charge < -0.3 is 4.57 Å². The molecule has 3 heterocycles. The van der Waals surface area contributed by atoms with Crippen LogP contribution in [-0.2, 0) is 12.7 Å². The minimum Gasteiger partial charge on any atom is -0.323 e. The van der Waals surface area contributed by atoms with Crippen LogP contribution in [0.15, 0.2) is 30.0 Å². The van der Waals surface area contributed by atoms with Crippen molar-refractivity contribution in [3.05, 3.63) is 51.5 Å². The molecule has 0 aromatic carbocycles. The first kappa shape index (κ1) is 15.9. The summed E-state index contributed by atoms with van der Waals surface area (Å²) in [7, 11) is 0. The van der Waals surface area contributed by atoms with Crippen molar-refractivity contribution in [2.45, 2.75) is 19.6 Å². The van der Waals surface area contributed by atoms with Gasteiger partial charge in [0.15, 0.2) is 5.69 Å². The molecule has 23 heavy (non-hydrogen) atoms. The predicted octanol–water partition coefficient (Wildman–Crippen LogP) is 4.43. The molecule has 0 fully saturated rings. The van der Waals surface area contributed by atoms with Gasteiger partial charge in [0.2, 0.25) is 0 Å². The van der Waals surface area contributed by atoms with Crippen molar-refractivity contribution >= 4 is 22.9 Å². The number of imidazole rings is 1. The van der Waals surface area contributed by atoms with Crippen molar-refractivity contribution in [1.82, 2.24) is 19.5 Å². The molecule has 0 spiro atoms. The fourth-order valence-electron chi connectivity index (χ4n) is 2.08. The van der Waals surface area contributed by atoms with E-state index in [1.807, 2.05) is 12.3 Å². The van der Waals surface area contributed by atoms with E-state index < -0.39 is 11.9 Å². The second-order valence-corrected chi connectivity index (χ2v) is 6.34. The molecular formula is C14H10ClF3N4S. The Labute approximate surface area is 138 Å². The van der Waals surface area contributed by atoms with Gasteiger partial charge in [-0.2, -0.15) is 13.2 Å². The van der Waals surface area contributed by atoms with Crippen LogP contribution in [0.3, 0.4) is 0 Å². The number of hydrogen-bond acceptors (Lipinski definition) is 4. The monoisotopic (exact) mass is 358 g/mol. The van der Waals surface area contributed by atoms with Gasteiger partial charge in [-0.05, 0) is 18.4 Å². The lowest BCUT2D eigenvalue weighted by Crippen LogP contribution is -2.06. The third-order valence-corrected chi connectivity index (χ3v) is 4.19. The molecule has 0 amide bonds. The van der Waals surface area contributed by atoms with Gasteiger partial charge in [-0.1, -0.05) is 11.6 Å². The summed E-state index contributed by atoms with van der Waals surface area (Å²) < 4.78 is 40.4. The van der Waals surface area contributed by atoms with Gasteiger partial charge in [-0.3, -0.25) is 0 Å². The first-order chi connectivity index (χ1) is 10.8. The van der Waals surface area contributed by atoms with Crippen LogP contribution in [0.5, 0.6) is 0 Å². The summed E-state index contributed by atoms with van der Waals surface area (Å²) in [6.45, 7) is 1.91. The Morgan fingerprint density at radius 2 is 1.96 bits per heavy atom. The molecule has 0 aliphatic carbocycles. The summed E-state index contributed by atoms with van der Waals surface area (Å²) in [4.78, 5) is 12.7. The zero-order chi connectivity index (χ0) is 16.6. The Balaban J connectivity index is 2.05. The van der Waals surface area contributed by atoms with E-state index in [9.17, 15) is 13.2 Å². The maximum atomic E-state index is 13.0. The average molecular weight is 359 g/mol. The van der Waals surface area contributed by atoms with Crippen LogP contribution in [-0.4, -0.2) is 19.5 Å². The van der Waals surface area contributed by atoms with E-state index >= 15 is 0 Å². The zero-order valence-electron chi connectivity index (χ0n) is 11.8. The number of rotatable bonds is 3. The molecule has 120 valence electrons. The van der Waals surface area contributed by atoms with E-state index in [0.717, 1.165) is 11.1 Å². The smallest absolute Gasteiger partial charge is 0.323 e. The maximum Gasteiger partial charge on any atom is 0.434 e. The fourth-order valence-corrected chi connectivity index (χ4v) is 2.87. The van der Waals surface area contributed by atoms with Crippen molar-refractivity contribution in [2.75, 3.05) is 0 Å². The van der Waals surface area contributed by atoms with Crippen LogP contribution in [0.4, 0.5) is 13.2 Å². The molecule has 0 bridgehead atoms. The Kier molecular flexibility index (Phi) is 4.11. The highest BCUT2D eigenvalue weighted by Gasteiger charge is 2.35. The van der Waals surface area contributed by atoms with Crippen LogP contribution < -0.4 is 0 Å². The quantitative estimate of drug-likeness (QED) is 0.695. The standard InChI is InChI=1S/C14H10ClF3N4S/c1-8-10(2-3-23-8)13-21-11(14(16,17)18)6-22(13)7-12-19-4-9(15)5-20-12/h2-6H,7H2,1H3. The number of alkyl halides is 3. The fraction of sp³-hybridized carbons (Fsp3) is 0.214. The normalized spacial score (nSPS) is 11.9. The molecule has 0 radical (unpaired) electrons. The van der Waals surface area contributed by atoms with E-state index in [0.29, 0.717) is 16.4 Å². The van der Waals surface area contributed by atoms with Gasteiger partial charge in [0.1, 0.15) is 11.6 Å². The Morgan fingerprint density at radius 3 is 2.52 bits per heavy atom. The van der Waals surface area contributed by atoms with Crippen LogP contribution in [0.1, 0.15) is 16.4 Å². The van der Waals surface area contributed by atoms with E-state index in [-0.39, 0.29) is 12.4 Å². The Hall–Kier alpha value is -1.93. The van der Waals surface area contributed by atoms with Gasteiger partial charge in [-0.25, -0.2) is 15.0 Å². The second-order valence-electron chi connectivity index (χ2n) is 4.78. The highest BCUT2D eigenvalue weighted by Crippen LogP contribution is 2.33. The SMILES string of the molecule is Cc1sccc1-c1nc(C(F)(F)F)cn1Cc1ncc(Cl)cn1. The van der Waals surface area contributed by atoms with Crippen molar-refractivity contribution in [3.8, 4) is 11.4 Å². The van der Waals surface area contributed by atoms with Crippen LogP contribution >= 0.6 is 22.9 Å². The van der Waals surface area contributed by atoms with Crippen LogP contribution in [0.25, 0.3) is 11.4 Å². The molecular weight excluding hydrogens is 349 g/mol. The number of thiophene rings is 1. The highest BCUT2D eigenvalue weighted by molar-refractivity contribution is 7.10. The summed E-state index contributed by atoms with van der Waals surface area (Å²) in [6.07, 6.45) is -0.725. The van der Waals surface area contributed by atoms with Gasteiger partial charge >= 0.3 is 6.18 Å². The van der Waals surface area contributed by atoms with E-state index in [2.05, 4.69) is 15.0 Å². The molecule has 9 heteroatoms. The molecule has 0 saturated heterocycles. The molecule has 0 aliphatic heterocycles. The molecule has 3 rings (SSSR count). The number of nitrogens with zero attached hydrogens (tertiary/aromatic N) is 4. The van der Waals surface area contributed by atoms with Crippen LogP contribution in [0.2, 0.25) is 5.02 Å². The number of halogens is 4. The molecule has 3 aromatic heterocycles. The van der Waals surface area contributed by atoms with Gasteiger partial charge in [0.05, 0.1) is 11.6 Å². The molecule has 4 nitrogen and oxygen atoms in total. The molecule has 0 saturated carbocycles. The third kappa shape index (κ3) is 3.37. The summed E-state index contributed by atoms with van der Waals surface area (Å²) in [5.41, 5.74) is -0.272. The predicted molar refractivity (Wildman–Crippen MR) is 81.4 cm³/mol. The molecule has 0 atom stereocenters. The number of aryl methyl sites for hydroxylation is 1. The van der Waals surface area contributed by atoms with Gasteiger partial charge in [0.25, 0.3) is 0 Å². The Bertz CT molecular complexity index is 823. The first-order valence-electron chi connectivity index (χ1n) is 6.50. The van der Waals surface area contributed by atoms with Crippen molar-refractivity contribution in [2.24, 2.45) is 0 Å². The second kappa shape index (κ2) is 5.93. The van der Waals surface area contributed by atoms with Crippen molar-refractivity contribution < 1.29 is 13.2 Å². The van der Waals surface area contributed by atoms with Crippen molar-refractivity contribution in [1.29, 1.82) is 0 Å². The number of aromatic nitrogens is 4. The lowest BCUT2D eigenvalue weighted by Gasteiger charge is -2.06. The topological polar surface area (TPSA) is 43.6 Å². The van der Waals surface area contributed by atoms with Gasteiger partial charge in [-0.15, -0.1) is 11.3 Å². The van der Waals surface area contributed by atoms with Crippen molar-refractivity contribution in [3.63, 3.8) is 0 Å². The summed E-state index contributed by atoms with van der Waals surface area (Å²) >= 11 is 7.17. The third-order valence-electron chi connectivity index (χ3n) is 3.15. The average Bonchev–Trinajstić information content (AvgIpc) is 3.07. The minimum absolute atomic E-state index is 0.0743. The summed E-state index contributed by atoms with van der Waals surface area (Å²) in [5, 5.41) is 2.18. The number of hydrogen-bond donors (Lipinski definition) is 0. The highest BCUT2D eigenvalue weighted by atomic mass is 35.5. The first-order valence-corrected chi connectivity index (χ1v) is 7.75. The lowest BCUT2D eigenvalue weighted by atomic mass is 10.2. The van der Waals surface area contributed by atoms with E-state index in [1.165, 1.54) is 28.3 Å². The van der Waals surface area contributed by atoms with Gasteiger partial charge in [0, 0.05) is 29.0 Å². The summed E-state index contributed by atoms with van der Waals surface area (Å²) in [6, 6.07) is 1.75. The largest absolute Gasteiger partial charge is 0.434 e. The van der Waals surface area contributed by atoms with E-state index in [1.54, 1.807) is 6.07 Å². The zero-order valence-corrected chi connectivity index (χ0v) is 13.4. The molecule has 0 aliphatic rings. The van der Waals surface area contributed by atoms with Crippen LogP contribution in [0, 0.1) is 6.92 Å². The molecule has 0 unspecified atom stereocenters. The Morgan fingerprint density at radius 1 is 1.26 bits per heavy atom. The molecule has 3 aromatic rings.